The molecular formula is C27H26N2O5. The number of hydrogen-bond acceptors (Lipinski definition) is 4. The van der Waals surface area contributed by atoms with Gasteiger partial charge < -0.3 is 20.5 Å². The summed E-state index contributed by atoms with van der Waals surface area (Å²) in [4.78, 5) is 35.7. The zero-order chi connectivity index (χ0) is 24.1. The van der Waals surface area contributed by atoms with Gasteiger partial charge in [-0.05, 0) is 46.9 Å². The lowest BCUT2D eigenvalue weighted by Gasteiger charge is -2.17. The van der Waals surface area contributed by atoms with Gasteiger partial charge in [0.25, 0.3) is 0 Å². The number of rotatable bonds is 8. The highest BCUT2D eigenvalue weighted by Gasteiger charge is 2.29. The molecule has 0 aliphatic heterocycles. The number of nitrogens with one attached hydrogen (secondary N) is 2. The molecule has 7 nitrogen and oxygen atoms in total. The first kappa shape index (κ1) is 23.0. The molecule has 0 spiro atoms. The fourth-order valence-corrected chi connectivity index (χ4v) is 4.26. The minimum atomic E-state index is -1.02. The molecule has 0 bridgehead atoms. The summed E-state index contributed by atoms with van der Waals surface area (Å²) in [5.74, 6) is -1.31. The number of carboxylic acids is 1. The topological polar surface area (TPSA) is 105 Å². The lowest BCUT2D eigenvalue weighted by Crippen LogP contribution is -2.38. The fourth-order valence-electron chi connectivity index (χ4n) is 4.26. The minimum Gasteiger partial charge on any atom is -0.478 e. The summed E-state index contributed by atoms with van der Waals surface area (Å²) in [6.45, 7) is 2.14. The van der Waals surface area contributed by atoms with Gasteiger partial charge in [-0.2, -0.15) is 0 Å². The van der Waals surface area contributed by atoms with Gasteiger partial charge in [0.1, 0.15) is 6.61 Å². The average Bonchev–Trinajstić information content (AvgIpc) is 3.15. The van der Waals surface area contributed by atoms with Crippen molar-refractivity contribution in [2.45, 2.75) is 31.8 Å². The third-order valence-electron chi connectivity index (χ3n) is 5.86. The van der Waals surface area contributed by atoms with Gasteiger partial charge in [0.05, 0.1) is 5.56 Å². The minimum absolute atomic E-state index is 0.0293. The van der Waals surface area contributed by atoms with Crippen LogP contribution in [0.3, 0.4) is 0 Å². The summed E-state index contributed by atoms with van der Waals surface area (Å²) in [7, 11) is 0. The average molecular weight is 459 g/mol. The number of amides is 2. The van der Waals surface area contributed by atoms with Crippen molar-refractivity contribution in [3.63, 3.8) is 0 Å². The van der Waals surface area contributed by atoms with E-state index in [9.17, 15) is 14.4 Å². The van der Waals surface area contributed by atoms with Crippen LogP contribution >= 0.6 is 0 Å². The van der Waals surface area contributed by atoms with E-state index >= 15 is 0 Å². The zero-order valence-corrected chi connectivity index (χ0v) is 18.8. The lowest BCUT2D eigenvalue weighted by molar-refractivity contribution is -0.121. The second-order valence-electron chi connectivity index (χ2n) is 8.36. The molecule has 3 N–H and O–H groups in total. The van der Waals surface area contributed by atoms with E-state index in [-0.39, 0.29) is 37.0 Å². The maximum Gasteiger partial charge on any atom is 0.407 e. The molecule has 3 aromatic rings. The predicted octanol–water partition coefficient (Wildman–Crippen LogP) is 4.32. The second-order valence-corrected chi connectivity index (χ2v) is 8.36. The maximum absolute atomic E-state index is 12.4. The van der Waals surface area contributed by atoms with Crippen LogP contribution in [0.15, 0.2) is 72.8 Å². The SMILES string of the molecule is C[C@H](CC(=O)NCc1cccc(C(=O)O)c1)NC(=O)OCC1c2ccccc2-c2ccccc21. The highest BCUT2D eigenvalue weighted by molar-refractivity contribution is 5.87. The van der Waals surface area contributed by atoms with Gasteiger partial charge >= 0.3 is 12.1 Å². The van der Waals surface area contributed by atoms with E-state index < -0.39 is 18.1 Å². The number of benzene rings is 3. The van der Waals surface area contributed by atoms with Gasteiger partial charge in [-0.1, -0.05) is 60.7 Å². The number of carbonyl (C=O) groups is 3. The van der Waals surface area contributed by atoms with Crippen molar-refractivity contribution >= 4 is 18.0 Å². The van der Waals surface area contributed by atoms with Gasteiger partial charge in [-0.25, -0.2) is 9.59 Å². The number of hydrogen-bond donors (Lipinski definition) is 3. The van der Waals surface area contributed by atoms with E-state index in [0.717, 1.165) is 22.3 Å². The van der Waals surface area contributed by atoms with E-state index in [2.05, 4.69) is 34.9 Å². The van der Waals surface area contributed by atoms with Crippen molar-refractivity contribution in [1.29, 1.82) is 0 Å². The summed E-state index contributed by atoms with van der Waals surface area (Å²) >= 11 is 0. The molecule has 0 aromatic heterocycles. The highest BCUT2D eigenvalue weighted by atomic mass is 16.5. The van der Waals surface area contributed by atoms with Gasteiger partial charge in [-0.3, -0.25) is 4.79 Å². The predicted molar refractivity (Wildman–Crippen MR) is 128 cm³/mol. The van der Waals surface area contributed by atoms with Crippen molar-refractivity contribution in [3.8, 4) is 11.1 Å². The smallest absolute Gasteiger partial charge is 0.407 e. The molecule has 0 saturated carbocycles. The quantitative estimate of drug-likeness (QED) is 0.466. The van der Waals surface area contributed by atoms with Crippen LogP contribution in [0.2, 0.25) is 0 Å². The molecule has 1 aliphatic rings. The fraction of sp³-hybridized carbons (Fsp3) is 0.222. The van der Waals surface area contributed by atoms with Gasteiger partial charge in [-0.15, -0.1) is 0 Å². The largest absolute Gasteiger partial charge is 0.478 e. The van der Waals surface area contributed by atoms with Crippen molar-refractivity contribution in [3.05, 3.63) is 95.1 Å². The number of aromatic carboxylic acids is 1. The first-order valence-electron chi connectivity index (χ1n) is 11.1. The summed E-state index contributed by atoms with van der Waals surface area (Å²) in [6, 6.07) is 22.2. The molecule has 4 rings (SSSR count). The molecule has 2 amide bonds. The monoisotopic (exact) mass is 458 g/mol. The van der Waals surface area contributed by atoms with Crippen molar-refractivity contribution in [2.75, 3.05) is 6.61 Å². The molecule has 0 fully saturated rings. The molecule has 0 radical (unpaired) electrons. The number of alkyl carbamates (subject to hydrolysis) is 1. The zero-order valence-electron chi connectivity index (χ0n) is 18.8. The Hall–Kier alpha value is -4.13. The van der Waals surface area contributed by atoms with Crippen LogP contribution in [0.4, 0.5) is 4.79 Å². The first-order valence-corrected chi connectivity index (χ1v) is 11.1. The van der Waals surface area contributed by atoms with E-state index in [1.165, 1.54) is 12.1 Å². The summed E-state index contributed by atoms with van der Waals surface area (Å²) in [5.41, 5.74) is 5.44. The van der Waals surface area contributed by atoms with Crippen LogP contribution in [-0.2, 0) is 16.1 Å². The van der Waals surface area contributed by atoms with Gasteiger partial charge in [0, 0.05) is 24.9 Å². The van der Waals surface area contributed by atoms with Crippen molar-refractivity contribution in [2.24, 2.45) is 0 Å². The number of carboxylic acid groups (broad SMARTS) is 1. The van der Waals surface area contributed by atoms with Crippen LogP contribution in [-0.4, -0.2) is 35.7 Å². The third kappa shape index (κ3) is 5.26. The third-order valence-corrected chi connectivity index (χ3v) is 5.86. The molecule has 174 valence electrons. The van der Waals surface area contributed by atoms with E-state index in [0.29, 0.717) is 5.56 Å². The molecule has 0 heterocycles. The van der Waals surface area contributed by atoms with E-state index in [1.54, 1.807) is 19.1 Å². The van der Waals surface area contributed by atoms with E-state index in [1.807, 2.05) is 24.3 Å². The van der Waals surface area contributed by atoms with Gasteiger partial charge in [0.2, 0.25) is 5.91 Å². The lowest BCUT2D eigenvalue weighted by atomic mass is 9.98. The highest BCUT2D eigenvalue weighted by Crippen LogP contribution is 2.44. The Labute approximate surface area is 197 Å². The van der Waals surface area contributed by atoms with Crippen molar-refractivity contribution < 1.29 is 24.2 Å². The van der Waals surface area contributed by atoms with E-state index in [4.69, 9.17) is 9.84 Å². The molecule has 7 heteroatoms. The second kappa shape index (κ2) is 10.2. The van der Waals surface area contributed by atoms with Crippen LogP contribution in [0, 0.1) is 0 Å². The Balaban J connectivity index is 1.26. The Morgan fingerprint density at radius 1 is 0.941 bits per heavy atom. The molecular weight excluding hydrogens is 432 g/mol. The van der Waals surface area contributed by atoms with Crippen LogP contribution < -0.4 is 10.6 Å². The molecule has 1 aliphatic carbocycles. The molecule has 0 unspecified atom stereocenters. The standard InChI is InChI=1S/C27H26N2O5/c1-17(13-25(30)28-15-18-7-6-8-19(14-18)26(31)32)29-27(33)34-16-24-22-11-4-2-9-20(22)21-10-3-5-12-23(21)24/h2-12,14,17,24H,13,15-16H2,1H3,(H,28,30)(H,29,33)(H,31,32)/t17-/m1/s1. The van der Waals surface area contributed by atoms with Crippen LogP contribution in [0.25, 0.3) is 11.1 Å². The number of carbonyl (C=O) groups excluding carboxylic acids is 2. The van der Waals surface area contributed by atoms with Crippen LogP contribution in [0.5, 0.6) is 0 Å². The Morgan fingerprint density at radius 2 is 1.59 bits per heavy atom. The Bertz CT molecular complexity index is 1180. The Morgan fingerprint density at radius 3 is 2.24 bits per heavy atom. The van der Waals surface area contributed by atoms with Crippen LogP contribution in [0.1, 0.15) is 46.3 Å². The number of ether oxygens (including phenoxy) is 1. The van der Waals surface area contributed by atoms with Gasteiger partial charge in [0.15, 0.2) is 0 Å². The molecule has 3 aromatic carbocycles. The summed E-state index contributed by atoms with van der Waals surface area (Å²) < 4.78 is 5.52. The summed E-state index contributed by atoms with van der Waals surface area (Å²) in [5, 5.41) is 14.5. The van der Waals surface area contributed by atoms with Crippen molar-refractivity contribution in [1.82, 2.24) is 10.6 Å². The maximum atomic E-state index is 12.4. The molecule has 0 saturated heterocycles. The molecule has 34 heavy (non-hydrogen) atoms. The summed E-state index contributed by atoms with van der Waals surface area (Å²) in [6.07, 6.45) is -0.501. The molecule has 1 atom stereocenters. The number of fused-ring (bicyclic) bond motifs is 3. The normalized spacial score (nSPS) is 12.9. The first-order chi connectivity index (χ1) is 16.4. The Kier molecular flexibility index (Phi) is 6.92.